The lowest BCUT2D eigenvalue weighted by atomic mass is 10.0. The summed E-state index contributed by atoms with van der Waals surface area (Å²) in [7, 11) is -3.67. The summed E-state index contributed by atoms with van der Waals surface area (Å²) in [6, 6.07) is 15.1. The molecule has 1 saturated heterocycles. The molecule has 2 fully saturated rings. The van der Waals surface area contributed by atoms with Crippen LogP contribution in [0.2, 0.25) is 0 Å². The third-order valence-corrected chi connectivity index (χ3v) is 6.91. The average Bonchev–Trinajstić information content (AvgIpc) is 3.26. The van der Waals surface area contributed by atoms with E-state index in [0.29, 0.717) is 24.5 Å². The van der Waals surface area contributed by atoms with Crippen molar-refractivity contribution in [2.45, 2.75) is 30.2 Å². The molecule has 0 bridgehead atoms. The minimum atomic E-state index is -3.67. The first kappa shape index (κ1) is 16.3. The van der Waals surface area contributed by atoms with E-state index >= 15 is 0 Å². The molecule has 4 rings (SSSR count). The minimum Gasteiger partial charge on any atom is -0.457 e. The zero-order valence-electron chi connectivity index (χ0n) is 13.7. The van der Waals surface area contributed by atoms with Gasteiger partial charge in [-0.3, -0.25) is 0 Å². The number of hydrogen-bond acceptors (Lipinski definition) is 4. The number of carbonyl (C=O) groups is 1. The number of sulfonamides is 1. The van der Waals surface area contributed by atoms with E-state index in [9.17, 15) is 13.2 Å². The Balaban J connectivity index is 1.55. The Morgan fingerprint density at radius 2 is 1.64 bits per heavy atom. The highest BCUT2D eigenvalue weighted by Crippen LogP contribution is 2.55. The third-order valence-electron chi connectivity index (χ3n) is 5.03. The van der Waals surface area contributed by atoms with Crippen LogP contribution in [-0.2, 0) is 14.8 Å². The summed E-state index contributed by atoms with van der Waals surface area (Å²) < 4.78 is 32.9. The van der Waals surface area contributed by atoms with E-state index in [1.165, 1.54) is 16.4 Å². The molecule has 1 aliphatic heterocycles. The van der Waals surface area contributed by atoms with Gasteiger partial charge in [0.05, 0.1) is 10.9 Å². The molecular weight excluding hydrogens is 338 g/mol. The van der Waals surface area contributed by atoms with Crippen molar-refractivity contribution in [3.05, 3.63) is 54.6 Å². The van der Waals surface area contributed by atoms with Gasteiger partial charge in [-0.25, -0.2) is 8.42 Å². The lowest BCUT2D eigenvalue weighted by molar-refractivity contribution is -0.110. The SMILES string of the molecule is O=C[C@H]1CC2(CC2)CN1S(=O)(=O)c1ccc(Oc2ccccc2)cc1. The Morgan fingerprint density at radius 3 is 2.24 bits per heavy atom. The van der Waals surface area contributed by atoms with Gasteiger partial charge >= 0.3 is 0 Å². The zero-order chi connectivity index (χ0) is 17.5. The standard InChI is InChI=1S/C19H19NO4S/c21-13-15-12-19(10-11-19)14-20(15)25(22,23)18-8-6-17(7-9-18)24-16-4-2-1-3-5-16/h1-9,13,15H,10-12,14H2/t15-/m1/s1. The maximum absolute atomic E-state index is 12.9. The van der Waals surface area contributed by atoms with Crippen molar-refractivity contribution in [2.24, 2.45) is 5.41 Å². The molecule has 1 spiro atoms. The summed E-state index contributed by atoms with van der Waals surface area (Å²) in [5.41, 5.74) is 0.0367. The van der Waals surface area contributed by atoms with Crippen molar-refractivity contribution in [3.8, 4) is 11.5 Å². The molecule has 6 heteroatoms. The highest BCUT2D eigenvalue weighted by Gasteiger charge is 2.55. The third kappa shape index (κ3) is 3.07. The summed E-state index contributed by atoms with van der Waals surface area (Å²) >= 11 is 0. The maximum Gasteiger partial charge on any atom is 0.243 e. The summed E-state index contributed by atoms with van der Waals surface area (Å²) in [6.07, 6.45) is 3.42. The second kappa shape index (κ2) is 5.97. The van der Waals surface area contributed by atoms with Gasteiger partial charge in [-0.2, -0.15) is 4.31 Å². The van der Waals surface area contributed by atoms with E-state index in [0.717, 1.165) is 19.1 Å². The molecule has 1 heterocycles. The molecule has 2 aromatic rings. The molecule has 5 nitrogen and oxygen atoms in total. The summed E-state index contributed by atoms with van der Waals surface area (Å²) in [4.78, 5) is 11.5. The predicted octanol–water partition coefficient (Wildman–Crippen LogP) is 3.22. The topological polar surface area (TPSA) is 63.7 Å². The van der Waals surface area contributed by atoms with Gasteiger partial charge in [0.15, 0.2) is 0 Å². The molecular formula is C19H19NO4S. The largest absolute Gasteiger partial charge is 0.457 e. The van der Waals surface area contributed by atoms with E-state index in [1.807, 2.05) is 30.3 Å². The number of benzene rings is 2. The molecule has 0 N–H and O–H groups in total. The fourth-order valence-corrected chi connectivity index (χ4v) is 5.09. The van der Waals surface area contributed by atoms with Crippen LogP contribution in [0.25, 0.3) is 0 Å². The van der Waals surface area contributed by atoms with E-state index in [-0.39, 0.29) is 10.3 Å². The van der Waals surface area contributed by atoms with Crippen molar-refractivity contribution in [2.75, 3.05) is 6.54 Å². The fourth-order valence-electron chi connectivity index (χ4n) is 3.42. The smallest absolute Gasteiger partial charge is 0.243 e. The number of carbonyl (C=O) groups excluding carboxylic acids is 1. The second-order valence-electron chi connectivity index (χ2n) is 6.84. The normalized spacial score (nSPS) is 22.0. The highest BCUT2D eigenvalue weighted by atomic mass is 32.2. The lowest BCUT2D eigenvalue weighted by Gasteiger charge is -2.20. The number of para-hydroxylation sites is 1. The summed E-state index contributed by atoms with van der Waals surface area (Å²) in [5, 5.41) is 0. The molecule has 0 unspecified atom stereocenters. The van der Waals surface area contributed by atoms with Crippen LogP contribution in [-0.4, -0.2) is 31.6 Å². The fraction of sp³-hybridized carbons (Fsp3) is 0.316. The molecule has 2 aliphatic rings. The van der Waals surface area contributed by atoms with Gasteiger partial charge in [0.1, 0.15) is 17.8 Å². The highest BCUT2D eigenvalue weighted by molar-refractivity contribution is 7.89. The average molecular weight is 357 g/mol. The van der Waals surface area contributed by atoms with Crippen LogP contribution in [0.3, 0.4) is 0 Å². The first-order valence-corrected chi connectivity index (χ1v) is 9.77. The Bertz CT molecular complexity index is 873. The van der Waals surface area contributed by atoms with Crippen LogP contribution >= 0.6 is 0 Å². The minimum absolute atomic E-state index is 0.0367. The lowest BCUT2D eigenvalue weighted by Crippen LogP contribution is -2.36. The number of nitrogens with zero attached hydrogens (tertiary/aromatic N) is 1. The molecule has 1 atom stereocenters. The van der Waals surface area contributed by atoms with Crippen LogP contribution in [0.1, 0.15) is 19.3 Å². The van der Waals surface area contributed by atoms with Gasteiger partial charge in [0, 0.05) is 6.54 Å². The van der Waals surface area contributed by atoms with E-state index in [2.05, 4.69) is 0 Å². The molecule has 1 aliphatic carbocycles. The van der Waals surface area contributed by atoms with Crippen molar-refractivity contribution in [1.82, 2.24) is 4.31 Å². The first-order chi connectivity index (χ1) is 12.0. The van der Waals surface area contributed by atoms with Gasteiger partial charge in [0.2, 0.25) is 10.0 Å². The van der Waals surface area contributed by atoms with Crippen LogP contribution in [0.5, 0.6) is 11.5 Å². The van der Waals surface area contributed by atoms with E-state index in [1.54, 1.807) is 12.1 Å². The molecule has 0 radical (unpaired) electrons. The first-order valence-electron chi connectivity index (χ1n) is 8.33. The Hall–Kier alpha value is -2.18. The van der Waals surface area contributed by atoms with E-state index < -0.39 is 16.1 Å². The van der Waals surface area contributed by atoms with Crippen LogP contribution < -0.4 is 4.74 Å². The molecule has 25 heavy (non-hydrogen) atoms. The van der Waals surface area contributed by atoms with Crippen LogP contribution in [0, 0.1) is 5.41 Å². The summed E-state index contributed by atoms with van der Waals surface area (Å²) in [5.74, 6) is 1.26. The second-order valence-corrected chi connectivity index (χ2v) is 8.73. The quantitative estimate of drug-likeness (QED) is 0.771. The van der Waals surface area contributed by atoms with Gasteiger partial charge < -0.3 is 9.53 Å². The Labute approximate surface area is 147 Å². The maximum atomic E-state index is 12.9. The van der Waals surface area contributed by atoms with Crippen molar-refractivity contribution in [3.63, 3.8) is 0 Å². The van der Waals surface area contributed by atoms with Crippen molar-refractivity contribution >= 4 is 16.3 Å². The predicted molar refractivity (Wildman–Crippen MR) is 93.0 cm³/mol. The Kier molecular flexibility index (Phi) is 3.89. The number of hydrogen-bond donors (Lipinski definition) is 0. The van der Waals surface area contributed by atoms with Gasteiger partial charge in [-0.05, 0) is 61.1 Å². The van der Waals surface area contributed by atoms with Gasteiger partial charge in [-0.15, -0.1) is 0 Å². The number of aldehydes is 1. The molecule has 0 aromatic heterocycles. The van der Waals surface area contributed by atoms with Crippen LogP contribution in [0.15, 0.2) is 59.5 Å². The monoisotopic (exact) mass is 357 g/mol. The van der Waals surface area contributed by atoms with Crippen molar-refractivity contribution < 1.29 is 17.9 Å². The molecule has 1 saturated carbocycles. The molecule has 0 amide bonds. The molecule has 2 aromatic carbocycles. The van der Waals surface area contributed by atoms with Crippen LogP contribution in [0.4, 0.5) is 0 Å². The van der Waals surface area contributed by atoms with Gasteiger partial charge in [-0.1, -0.05) is 18.2 Å². The van der Waals surface area contributed by atoms with Crippen molar-refractivity contribution in [1.29, 1.82) is 0 Å². The molecule has 130 valence electrons. The zero-order valence-corrected chi connectivity index (χ0v) is 14.5. The number of ether oxygens (including phenoxy) is 1. The van der Waals surface area contributed by atoms with E-state index in [4.69, 9.17) is 4.74 Å². The Morgan fingerprint density at radius 1 is 1.00 bits per heavy atom. The number of rotatable bonds is 5. The summed E-state index contributed by atoms with van der Waals surface area (Å²) in [6.45, 7) is 0.445. The van der Waals surface area contributed by atoms with Gasteiger partial charge in [0.25, 0.3) is 0 Å².